The first-order valence-corrected chi connectivity index (χ1v) is 5.92. The lowest BCUT2D eigenvalue weighted by molar-refractivity contribution is 0.0914. The molecule has 78 valence electrons. The summed E-state index contributed by atoms with van der Waals surface area (Å²) in [4.78, 5) is 12.1. The minimum Gasteiger partial charge on any atom is -0.294 e. The second-order valence-corrected chi connectivity index (χ2v) is 5.18. The number of benzene rings is 1. The third kappa shape index (κ3) is 1.59. The van der Waals surface area contributed by atoms with Gasteiger partial charge in [-0.1, -0.05) is 23.7 Å². The second-order valence-electron chi connectivity index (χ2n) is 4.77. The van der Waals surface area contributed by atoms with E-state index in [2.05, 4.69) is 0 Å². The number of hydrogen-bond donors (Lipinski definition) is 0. The second kappa shape index (κ2) is 3.34. The van der Waals surface area contributed by atoms with Crippen molar-refractivity contribution in [2.45, 2.75) is 19.3 Å². The van der Waals surface area contributed by atoms with Crippen molar-refractivity contribution in [1.29, 1.82) is 0 Å². The maximum absolute atomic E-state index is 12.1. The number of carbonyl (C=O) groups is 1. The molecular formula is C13H13ClO. The van der Waals surface area contributed by atoms with Crippen molar-refractivity contribution in [3.63, 3.8) is 0 Å². The molecule has 0 aromatic heterocycles. The van der Waals surface area contributed by atoms with Crippen LogP contribution in [0.15, 0.2) is 24.3 Å². The first-order chi connectivity index (χ1) is 7.25. The Morgan fingerprint density at radius 3 is 2.47 bits per heavy atom. The van der Waals surface area contributed by atoms with Crippen molar-refractivity contribution in [1.82, 2.24) is 0 Å². The first kappa shape index (κ1) is 9.41. The molecule has 0 aliphatic heterocycles. The number of rotatable bonds is 2. The molecule has 0 saturated heterocycles. The van der Waals surface area contributed by atoms with Crippen LogP contribution in [-0.4, -0.2) is 5.78 Å². The lowest BCUT2D eigenvalue weighted by Gasteiger charge is -2.11. The van der Waals surface area contributed by atoms with Crippen LogP contribution in [-0.2, 0) is 0 Å². The molecule has 0 N–H and O–H groups in total. The third-order valence-corrected chi connectivity index (χ3v) is 4.08. The standard InChI is InChI=1S/C13H13ClO/c14-12-4-2-1-3-11(12)13(15)10-6-8-5-9(8)7-10/h1-4,8-10H,5-7H2. The van der Waals surface area contributed by atoms with E-state index in [9.17, 15) is 4.79 Å². The van der Waals surface area contributed by atoms with Gasteiger partial charge in [-0.15, -0.1) is 0 Å². The largest absolute Gasteiger partial charge is 0.294 e. The zero-order valence-corrected chi connectivity index (χ0v) is 9.20. The van der Waals surface area contributed by atoms with E-state index < -0.39 is 0 Å². The fourth-order valence-electron chi connectivity index (χ4n) is 2.81. The molecule has 1 aromatic rings. The van der Waals surface area contributed by atoms with Crippen LogP contribution in [0.2, 0.25) is 5.02 Å². The van der Waals surface area contributed by atoms with E-state index >= 15 is 0 Å². The molecule has 2 saturated carbocycles. The lowest BCUT2D eigenvalue weighted by Crippen LogP contribution is -2.13. The van der Waals surface area contributed by atoms with Crippen molar-refractivity contribution in [2.24, 2.45) is 17.8 Å². The fourth-order valence-corrected chi connectivity index (χ4v) is 3.04. The molecule has 0 bridgehead atoms. The van der Waals surface area contributed by atoms with Crippen LogP contribution in [0.4, 0.5) is 0 Å². The Morgan fingerprint density at radius 1 is 1.13 bits per heavy atom. The molecule has 2 fully saturated rings. The maximum Gasteiger partial charge on any atom is 0.167 e. The molecule has 2 heteroatoms. The van der Waals surface area contributed by atoms with E-state index in [1.54, 1.807) is 6.07 Å². The Bertz CT molecular complexity index is 403. The van der Waals surface area contributed by atoms with Crippen LogP contribution in [0, 0.1) is 17.8 Å². The van der Waals surface area contributed by atoms with Gasteiger partial charge in [0.2, 0.25) is 0 Å². The number of ketones is 1. The number of fused-ring (bicyclic) bond motifs is 1. The van der Waals surface area contributed by atoms with Gasteiger partial charge in [-0.2, -0.15) is 0 Å². The van der Waals surface area contributed by atoms with E-state index in [-0.39, 0.29) is 11.7 Å². The molecular weight excluding hydrogens is 208 g/mol. The van der Waals surface area contributed by atoms with Gasteiger partial charge in [-0.25, -0.2) is 0 Å². The summed E-state index contributed by atoms with van der Waals surface area (Å²) >= 11 is 6.02. The topological polar surface area (TPSA) is 17.1 Å². The van der Waals surface area contributed by atoms with Gasteiger partial charge in [0.25, 0.3) is 0 Å². The van der Waals surface area contributed by atoms with E-state index in [4.69, 9.17) is 11.6 Å². The summed E-state index contributed by atoms with van der Waals surface area (Å²) in [5.74, 6) is 2.20. The molecule has 1 aromatic carbocycles. The predicted octanol–water partition coefficient (Wildman–Crippen LogP) is 3.57. The average Bonchev–Trinajstić information content (AvgIpc) is 2.86. The number of carbonyl (C=O) groups excluding carboxylic acids is 1. The fraction of sp³-hybridized carbons (Fsp3) is 0.462. The van der Waals surface area contributed by atoms with E-state index in [0.717, 1.165) is 24.7 Å². The summed E-state index contributed by atoms with van der Waals surface area (Å²) in [7, 11) is 0. The van der Waals surface area contributed by atoms with Crippen LogP contribution >= 0.6 is 11.6 Å². The van der Waals surface area contributed by atoms with Gasteiger partial charge >= 0.3 is 0 Å². The molecule has 0 spiro atoms. The first-order valence-electron chi connectivity index (χ1n) is 5.54. The zero-order chi connectivity index (χ0) is 10.4. The van der Waals surface area contributed by atoms with Crippen molar-refractivity contribution in [3.05, 3.63) is 34.9 Å². The van der Waals surface area contributed by atoms with Crippen LogP contribution < -0.4 is 0 Å². The predicted molar refractivity (Wildman–Crippen MR) is 60.1 cm³/mol. The van der Waals surface area contributed by atoms with Crippen molar-refractivity contribution >= 4 is 17.4 Å². The lowest BCUT2D eigenvalue weighted by atomic mass is 9.93. The average molecular weight is 221 g/mol. The molecule has 2 aliphatic carbocycles. The van der Waals surface area contributed by atoms with Gasteiger partial charge < -0.3 is 0 Å². The normalized spacial score (nSPS) is 32.5. The highest BCUT2D eigenvalue weighted by Crippen LogP contribution is 2.55. The SMILES string of the molecule is O=C(c1ccccc1Cl)C1CC2CC2C1. The van der Waals surface area contributed by atoms with Crippen molar-refractivity contribution in [3.8, 4) is 0 Å². The number of halogens is 1. The Labute approximate surface area is 94.4 Å². The monoisotopic (exact) mass is 220 g/mol. The molecule has 2 aliphatic rings. The van der Waals surface area contributed by atoms with Crippen LogP contribution in [0.3, 0.4) is 0 Å². The summed E-state index contributed by atoms with van der Waals surface area (Å²) < 4.78 is 0. The van der Waals surface area contributed by atoms with Gasteiger partial charge in [0.1, 0.15) is 0 Å². The highest BCUT2D eigenvalue weighted by atomic mass is 35.5. The van der Waals surface area contributed by atoms with Gasteiger partial charge in [-0.3, -0.25) is 4.79 Å². The molecule has 1 nitrogen and oxygen atoms in total. The smallest absolute Gasteiger partial charge is 0.167 e. The quantitative estimate of drug-likeness (QED) is 0.697. The van der Waals surface area contributed by atoms with Crippen LogP contribution in [0.25, 0.3) is 0 Å². The molecule has 2 unspecified atom stereocenters. The summed E-state index contributed by atoms with van der Waals surface area (Å²) in [5.41, 5.74) is 0.713. The highest BCUT2D eigenvalue weighted by Gasteiger charge is 2.48. The Kier molecular flexibility index (Phi) is 2.10. The van der Waals surface area contributed by atoms with Gasteiger partial charge in [0.15, 0.2) is 5.78 Å². The summed E-state index contributed by atoms with van der Waals surface area (Å²) in [6.07, 6.45) is 3.54. The summed E-state index contributed by atoms with van der Waals surface area (Å²) in [6.45, 7) is 0. The Balaban J connectivity index is 1.82. The van der Waals surface area contributed by atoms with Gasteiger partial charge in [0.05, 0.1) is 5.02 Å². The van der Waals surface area contributed by atoms with Gasteiger partial charge in [0, 0.05) is 11.5 Å². The highest BCUT2D eigenvalue weighted by molar-refractivity contribution is 6.34. The molecule has 2 atom stereocenters. The van der Waals surface area contributed by atoms with E-state index in [0.29, 0.717) is 10.6 Å². The van der Waals surface area contributed by atoms with E-state index in [1.165, 1.54) is 6.42 Å². The minimum atomic E-state index is 0.244. The maximum atomic E-state index is 12.1. The van der Waals surface area contributed by atoms with Crippen LogP contribution in [0.5, 0.6) is 0 Å². The number of hydrogen-bond acceptors (Lipinski definition) is 1. The molecule has 0 heterocycles. The van der Waals surface area contributed by atoms with Crippen molar-refractivity contribution < 1.29 is 4.79 Å². The zero-order valence-electron chi connectivity index (χ0n) is 8.45. The van der Waals surface area contributed by atoms with Crippen molar-refractivity contribution in [2.75, 3.05) is 0 Å². The van der Waals surface area contributed by atoms with Gasteiger partial charge in [-0.05, 0) is 43.2 Å². The molecule has 0 radical (unpaired) electrons. The molecule has 3 rings (SSSR count). The summed E-state index contributed by atoms with van der Waals surface area (Å²) in [6, 6.07) is 7.39. The van der Waals surface area contributed by atoms with E-state index in [1.807, 2.05) is 18.2 Å². The summed E-state index contributed by atoms with van der Waals surface area (Å²) in [5, 5.41) is 0.600. The molecule has 15 heavy (non-hydrogen) atoms. The minimum absolute atomic E-state index is 0.244. The Morgan fingerprint density at radius 2 is 1.80 bits per heavy atom. The number of Topliss-reactive ketones (excluding diaryl/α,β-unsaturated/α-hetero) is 1. The Hall–Kier alpha value is -0.820. The molecule has 0 amide bonds. The van der Waals surface area contributed by atoms with Crippen LogP contribution in [0.1, 0.15) is 29.6 Å². The third-order valence-electron chi connectivity index (χ3n) is 3.75.